The number of nitrogens with zero attached hydrogens (tertiary/aromatic N) is 1. The molecular formula is C15H27N3O4. The number of nitrogens with one attached hydrogen (secondary N) is 2. The third-order valence-corrected chi connectivity index (χ3v) is 2.69. The van der Waals surface area contributed by atoms with E-state index >= 15 is 0 Å². The maximum absolute atomic E-state index is 11.7. The van der Waals surface area contributed by atoms with Gasteiger partial charge >= 0.3 is 12.1 Å². The van der Waals surface area contributed by atoms with Crippen LogP contribution in [0.2, 0.25) is 0 Å². The van der Waals surface area contributed by atoms with Gasteiger partial charge in [0, 0.05) is 13.0 Å². The van der Waals surface area contributed by atoms with E-state index in [-0.39, 0.29) is 0 Å². The Morgan fingerprint density at radius 2 is 1.91 bits per heavy atom. The van der Waals surface area contributed by atoms with Gasteiger partial charge < -0.3 is 20.1 Å². The first-order valence-corrected chi connectivity index (χ1v) is 7.45. The van der Waals surface area contributed by atoms with Crippen molar-refractivity contribution in [2.45, 2.75) is 58.1 Å². The van der Waals surface area contributed by atoms with Crippen molar-refractivity contribution in [3.05, 3.63) is 0 Å². The minimum absolute atomic E-state index is 0.477. The predicted octanol–water partition coefficient (Wildman–Crippen LogP) is 1.73. The zero-order chi connectivity index (χ0) is 17.0. The maximum atomic E-state index is 11.7. The second-order valence-corrected chi connectivity index (χ2v) is 5.88. The Kier molecular flexibility index (Phi) is 9.96. The van der Waals surface area contributed by atoms with Crippen LogP contribution in [0.15, 0.2) is 0 Å². The number of carbonyl (C=O) groups excluding carboxylic acids is 2. The van der Waals surface area contributed by atoms with Crippen LogP contribution >= 0.6 is 0 Å². The lowest BCUT2D eigenvalue weighted by atomic mass is 10.1. The number of esters is 1. The second kappa shape index (κ2) is 10.9. The molecule has 1 amide bonds. The highest BCUT2D eigenvalue weighted by molar-refractivity contribution is 5.81. The summed E-state index contributed by atoms with van der Waals surface area (Å²) in [6.45, 7) is 6.70. The Hall–Kier alpha value is -1.81. The molecule has 0 spiro atoms. The number of alkyl carbamates (subject to hydrolysis) is 1. The monoisotopic (exact) mass is 313 g/mol. The van der Waals surface area contributed by atoms with Crippen LogP contribution in [0.5, 0.6) is 0 Å². The van der Waals surface area contributed by atoms with E-state index in [0.717, 1.165) is 19.4 Å². The highest BCUT2D eigenvalue weighted by Crippen LogP contribution is 2.08. The lowest BCUT2D eigenvalue weighted by Crippen LogP contribution is -2.44. The molecule has 2 N–H and O–H groups in total. The number of methoxy groups -OCH3 is 1. The molecule has 7 nitrogen and oxygen atoms in total. The topological polar surface area (TPSA) is 100 Å². The zero-order valence-electron chi connectivity index (χ0n) is 13.9. The van der Waals surface area contributed by atoms with E-state index in [1.807, 2.05) is 0 Å². The molecule has 0 aliphatic carbocycles. The summed E-state index contributed by atoms with van der Waals surface area (Å²) in [4.78, 5) is 23.4. The molecule has 22 heavy (non-hydrogen) atoms. The van der Waals surface area contributed by atoms with Gasteiger partial charge in [-0.05, 0) is 46.6 Å². The van der Waals surface area contributed by atoms with Crippen molar-refractivity contribution in [1.29, 1.82) is 5.26 Å². The number of hydrogen-bond acceptors (Lipinski definition) is 6. The van der Waals surface area contributed by atoms with Crippen LogP contribution in [0.3, 0.4) is 0 Å². The van der Waals surface area contributed by atoms with Crippen LogP contribution in [0.25, 0.3) is 0 Å². The molecule has 0 aromatic rings. The summed E-state index contributed by atoms with van der Waals surface area (Å²) in [5, 5.41) is 14.1. The number of carbonyl (C=O) groups is 2. The average Bonchev–Trinajstić information content (AvgIpc) is 2.42. The molecule has 126 valence electrons. The highest BCUT2D eigenvalue weighted by Gasteiger charge is 2.24. The first-order chi connectivity index (χ1) is 10.3. The Labute approximate surface area is 132 Å². The summed E-state index contributed by atoms with van der Waals surface area (Å²) in [6, 6.07) is 1.35. The van der Waals surface area contributed by atoms with Crippen LogP contribution in [0, 0.1) is 11.3 Å². The van der Waals surface area contributed by atoms with Crippen molar-refractivity contribution >= 4 is 12.1 Å². The molecule has 0 heterocycles. The van der Waals surface area contributed by atoms with Crippen molar-refractivity contribution in [2.24, 2.45) is 0 Å². The largest absolute Gasteiger partial charge is 0.467 e. The summed E-state index contributed by atoms with van der Waals surface area (Å²) in [6.07, 6.45) is 1.91. The van der Waals surface area contributed by atoms with E-state index in [1.54, 1.807) is 20.8 Å². The first-order valence-electron chi connectivity index (χ1n) is 7.45. The molecule has 0 aliphatic rings. The van der Waals surface area contributed by atoms with Crippen LogP contribution in [-0.4, -0.2) is 43.9 Å². The molecule has 0 aromatic carbocycles. The predicted molar refractivity (Wildman–Crippen MR) is 82.1 cm³/mol. The van der Waals surface area contributed by atoms with E-state index in [4.69, 9.17) is 14.7 Å². The van der Waals surface area contributed by atoms with Crippen LogP contribution < -0.4 is 10.6 Å². The number of amides is 1. The summed E-state index contributed by atoms with van der Waals surface area (Å²) in [5.41, 5.74) is -0.616. The van der Waals surface area contributed by atoms with E-state index in [1.165, 1.54) is 7.11 Å². The van der Waals surface area contributed by atoms with Gasteiger partial charge in [0.1, 0.15) is 11.6 Å². The van der Waals surface area contributed by atoms with E-state index in [2.05, 4.69) is 16.7 Å². The summed E-state index contributed by atoms with van der Waals surface area (Å²) in [5.74, 6) is -0.483. The summed E-state index contributed by atoms with van der Waals surface area (Å²) < 4.78 is 9.83. The third kappa shape index (κ3) is 10.9. The van der Waals surface area contributed by atoms with Gasteiger partial charge in [-0.25, -0.2) is 9.59 Å². The van der Waals surface area contributed by atoms with Crippen LogP contribution in [-0.2, 0) is 14.3 Å². The minimum atomic E-state index is -0.709. The van der Waals surface area contributed by atoms with Gasteiger partial charge in [0.05, 0.1) is 13.2 Å². The molecule has 0 unspecified atom stereocenters. The van der Waals surface area contributed by atoms with Crippen molar-refractivity contribution < 1.29 is 19.1 Å². The molecule has 0 radical (unpaired) electrons. The normalized spacial score (nSPS) is 12.1. The fourth-order valence-corrected chi connectivity index (χ4v) is 1.71. The second-order valence-electron chi connectivity index (χ2n) is 5.88. The number of hydrogen-bond donors (Lipinski definition) is 2. The lowest BCUT2D eigenvalue weighted by molar-refractivity contribution is -0.143. The molecule has 0 rings (SSSR count). The highest BCUT2D eigenvalue weighted by atomic mass is 16.6. The number of rotatable bonds is 9. The molecule has 7 heteroatoms. The standard InChI is InChI=1S/C15H27N3O4/c1-15(2,3)22-14(20)18-12(13(19)21-4)8-5-6-10-17-11-7-9-16/h12,17H,5-8,10-11H2,1-4H3,(H,18,20)/t12-/m0/s1. The fraction of sp³-hybridized carbons (Fsp3) is 0.800. The van der Waals surface area contributed by atoms with Crippen molar-refractivity contribution in [2.75, 3.05) is 20.2 Å². The third-order valence-electron chi connectivity index (χ3n) is 2.69. The Balaban J connectivity index is 4.12. The Morgan fingerprint density at radius 3 is 2.45 bits per heavy atom. The zero-order valence-corrected chi connectivity index (χ0v) is 13.9. The van der Waals surface area contributed by atoms with E-state index < -0.39 is 23.7 Å². The molecule has 1 atom stereocenters. The number of ether oxygens (including phenoxy) is 2. The van der Waals surface area contributed by atoms with Gasteiger partial charge in [0.15, 0.2) is 0 Å². The van der Waals surface area contributed by atoms with Gasteiger partial charge in [-0.1, -0.05) is 0 Å². The Morgan fingerprint density at radius 1 is 1.23 bits per heavy atom. The number of nitriles is 1. The van der Waals surface area contributed by atoms with Gasteiger partial charge in [0.2, 0.25) is 0 Å². The first kappa shape index (κ1) is 20.2. The molecule has 0 fully saturated rings. The summed E-state index contributed by atoms with van der Waals surface area (Å²) in [7, 11) is 1.29. The van der Waals surface area contributed by atoms with Gasteiger partial charge in [-0.3, -0.25) is 0 Å². The summed E-state index contributed by atoms with van der Waals surface area (Å²) >= 11 is 0. The van der Waals surface area contributed by atoms with Crippen molar-refractivity contribution in [3.8, 4) is 6.07 Å². The van der Waals surface area contributed by atoms with Crippen LogP contribution in [0.1, 0.15) is 46.5 Å². The maximum Gasteiger partial charge on any atom is 0.408 e. The molecular weight excluding hydrogens is 286 g/mol. The number of unbranched alkanes of at least 4 members (excludes halogenated alkanes) is 1. The fourth-order valence-electron chi connectivity index (χ4n) is 1.71. The van der Waals surface area contributed by atoms with E-state index in [0.29, 0.717) is 19.4 Å². The Bertz CT molecular complexity index is 385. The smallest absolute Gasteiger partial charge is 0.408 e. The SMILES string of the molecule is COC(=O)[C@H](CCCCNCCC#N)NC(=O)OC(C)(C)C. The molecule has 0 saturated heterocycles. The van der Waals surface area contributed by atoms with Crippen molar-refractivity contribution in [3.63, 3.8) is 0 Å². The lowest BCUT2D eigenvalue weighted by Gasteiger charge is -2.22. The quantitative estimate of drug-likeness (QED) is 0.496. The van der Waals surface area contributed by atoms with E-state index in [9.17, 15) is 9.59 Å². The average molecular weight is 313 g/mol. The molecule has 0 saturated carbocycles. The molecule has 0 aromatic heterocycles. The van der Waals surface area contributed by atoms with Gasteiger partial charge in [-0.2, -0.15) is 5.26 Å². The van der Waals surface area contributed by atoms with Crippen molar-refractivity contribution in [1.82, 2.24) is 10.6 Å². The van der Waals surface area contributed by atoms with Gasteiger partial charge in [0.25, 0.3) is 0 Å². The minimum Gasteiger partial charge on any atom is -0.467 e. The van der Waals surface area contributed by atoms with Crippen LogP contribution in [0.4, 0.5) is 4.79 Å². The molecule has 0 aliphatic heterocycles. The molecule has 0 bridgehead atoms. The van der Waals surface area contributed by atoms with Gasteiger partial charge in [-0.15, -0.1) is 0 Å².